The van der Waals surface area contributed by atoms with Crippen LogP contribution in [0.1, 0.15) is 45.6 Å². The normalized spacial score (nSPS) is 28.4. The van der Waals surface area contributed by atoms with Crippen LogP contribution >= 0.6 is 0 Å². The summed E-state index contributed by atoms with van der Waals surface area (Å²) in [6.07, 6.45) is 3.53. The highest BCUT2D eigenvalue weighted by Gasteiger charge is 2.31. The quantitative estimate of drug-likeness (QED) is 0.883. The lowest BCUT2D eigenvalue weighted by atomic mass is 9.78. The number of fused-ring (bicyclic) bond motifs is 1. The third kappa shape index (κ3) is 4.09. The van der Waals surface area contributed by atoms with Crippen molar-refractivity contribution in [3.63, 3.8) is 0 Å². The smallest absolute Gasteiger partial charge is 0.237 e. The molecule has 4 atom stereocenters. The fourth-order valence-electron chi connectivity index (χ4n) is 3.96. The highest BCUT2D eigenvalue weighted by atomic mass is 16.5. The molecule has 1 saturated carbocycles. The Labute approximate surface area is 150 Å². The van der Waals surface area contributed by atoms with Crippen molar-refractivity contribution in [3.8, 4) is 11.5 Å². The molecule has 4 unspecified atom stereocenters. The third-order valence-electron chi connectivity index (χ3n) is 6.02. The van der Waals surface area contributed by atoms with Gasteiger partial charge in [-0.25, -0.2) is 0 Å². The Kier molecular flexibility index (Phi) is 5.52. The number of hydrogen-bond acceptors (Lipinski definition) is 4. The average molecular weight is 346 g/mol. The molecule has 1 fully saturated rings. The number of nitrogens with one attached hydrogen (secondary N) is 1. The predicted octanol–water partition coefficient (Wildman–Crippen LogP) is 2.92. The minimum Gasteiger partial charge on any atom is -0.508 e. The molecule has 138 valence electrons. The minimum absolute atomic E-state index is 0.105. The highest BCUT2D eigenvalue weighted by molar-refractivity contribution is 5.81. The molecule has 3 rings (SSSR count). The van der Waals surface area contributed by atoms with Crippen LogP contribution in [-0.2, 0) is 11.3 Å². The molecule has 0 radical (unpaired) electrons. The van der Waals surface area contributed by atoms with E-state index in [9.17, 15) is 9.90 Å². The number of ether oxygens (including phenoxy) is 1. The van der Waals surface area contributed by atoms with Gasteiger partial charge in [-0.05, 0) is 31.2 Å². The summed E-state index contributed by atoms with van der Waals surface area (Å²) in [6, 6.07) is 5.27. The van der Waals surface area contributed by atoms with E-state index in [4.69, 9.17) is 4.74 Å². The number of rotatable bonds is 3. The zero-order chi connectivity index (χ0) is 18.0. The lowest BCUT2D eigenvalue weighted by Gasteiger charge is -2.36. The van der Waals surface area contributed by atoms with E-state index in [0.29, 0.717) is 37.3 Å². The van der Waals surface area contributed by atoms with Crippen molar-refractivity contribution in [1.82, 2.24) is 10.2 Å². The molecule has 0 saturated heterocycles. The molecule has 2 N–H and O–H groups in total. The summed E-state index contributed by atoms with van der Waals surface area (Å²) >= 11 is 0. The molecule has 2 aliphatic rings. The maximum absolute atomic E-state index is 12.8. The van der Waals surface area contributed by atoms with Crippen molar-refractivity contribution in [3.05, 3.63) is 23.8 Å². The van der Waals surface area contributed by atoms with Gasteiger partial charge in [-0.15, -0.1) is 0 Å². The van der Waals surface area contributed by atoms with Gasteiger partial charge >= 0.3 is 0 Å². The number of amides is 1. The van der Waals surface area contributed by atoms with E-state index in [-0.39, 0.29) is 23.7 Å². The van der Waals surface area contributed by atoms with Crippen LogP contribution in [0.5, 0.6) is 11.5 Å². The number of benzene rings is 1. The monoisotopic (exact) mass is 346 g/mol. The van der Waals surface area contributed by atoms with Crippen LogP contribution in [0.2, 0.25) is 0 Å². The van der Waals surface area contributed by atoms with Crippen LogP contribution in [-0.4, -0.2) is 41.1 Å². The summed E-state index contributed by atoms with van der Waals surface area (Å²) < 4.78 is 5.74. The molecule has 0 aromatic heterocycles. The molecular formula is C20H30N2O3. The van der Waals surface area contributed by atoms with Crippen molar-refractivity contribution in [2.45, 2.75) is 58.7 Å². The number of aromatic hydroxyl groups is 1. The fourth-order valence-corrected chi connectivity index (χ4v) is 3.96. The van der Waals surface area contributed by atoms with E-state index in [1.807, 2.05) is 13.0 Å². The first-order chi connectivity index (χ1) is 12.0. The first-order valence-corrected chi connectivity index (χ1v) is 9.45. The van der Waals surface area contributed by atoms with E-state index >= 15 is 0 Å². The van der Waals surface area contributed by atoms with Gasteiger partial charge in [0, 0.05) is 30.8 Å². The highest BCUT2D eigenvalue weighted by Crippen LogP contribution is 2.30. The summed E-state index contributed by atoms with van der Waals surface area (Å²) in [6.45, 7) is 8.37. The van der Waals surface area contributed by atoms with E-state index in [1.165, 1.54) is 12.8 Å². The molecule has 1 aliphatic heterocycles. The third-order valence-corrected chi connectivity index (χ3v) is 6.02. The Morgan fingerprint density at radius 2 is 2.16 bits per heavy atom. The second-order valence-corrected chi connectivity index (χ2v) is 7.67. The summed E-state index contributed by atoms with van der Waals surface area (Å²) in [5, 5.41) is 12.9. The first kappa shape index (κ1) is 18.1. The maximum atomic E-state index is 12.8. The summed E-state index contributed by atoms with van der Waals surface area (Å²) in [5.41, 5.74) is 1.01. The number of carbonyl (C=O) groups excluding carboxylic acids is 1. The van der Waals surface area contributed by atoms with Crippen molar-refractivity contribution in [1.29, 1.82) is 0 Å². The van der Waals surface area contributed by atoms with Gasteiger partial charge in [-0.2, -0.15) is 0 Å². The Hall–Kier alpha value is -1.75. The second kappa shape index (κ2) is 7.65. The van der Waals surface area contributed by atoms with Gasteiger partial charge in [0.1, 0.15) is 18.1 Å². The average Bonchev–Trinajstić information content (AvgIpc) is 2.80. The molecule has 1 aromatic rings. The Balaban J connectivity index is 1.64. The molecule has 1 aromatic carbocycles. The number of phenols is 1. The second-order valence-electron chi connectivity index (χ2n) is 7.67. The number of nitrogens with zero attached hydrogens (tertiary/aromatic N) is 1. The largest absolute Gasteiger partial charge is 0.508 e. The van der Waals surface area contributed by atoms with Crippen molar-refractivity contribution in [2.24, 2.45) is 11.8 Å². The molecular weight excluding hydrogens is 316 g/mol. The zero-order valence-corrected chi connectivity index (χ0v) is 15.5. The molecule has 1 amide bonds. The van der Waals surface area contributed by atoms with Crippen molar-refractivity contribution >= 4 is 5.91 Å². The SMILES string of the molecule is CC1CCCC(NC(=O)C(C)N2CCOc3cc(O)ccc3C2)C1C. The van der Waals surface area contributed by atoms with Crippen LogP contribution < -0.4 is 10.1 Å². The Bertz CT molecular complexity index is 619. The first-order valence-electron chi connectivity index (χ1n) is 9.45. The Morgan fingerprint density at radius 3 is 2.96 bits per heavy atom. The summed E-state index contributed by atoms with van der Waals surface area (Å²) in [7, 11) is 0. The van der Waals surface area contributed by atoms with Gasteiger partial charge in [-0.3, -0.25) is 9.69 Å². The summed E-state index contributed by atoms with van der Waals surface area (Å²) in [5.74, 6) is 2.22. The summed E-state index contributed by atoms with van der Waals surface area (Å²) in [4.78, 5) is 15.0. The molecule has 1 aliphatic carbocycles. The molecule has 5 heteroatoms. The molecule has 0 bridgehead atoms. The van der Waals surface area contributed by atoms with E-state index < -0.39 is 0 Å². The zero-order valence-electron chi connectivity index (χ0n) is 15.5. The van der Waals surface area contributed by atoms with Crippen LogP contribution in [0.15, 0.2) is 18.2 Å². The lowest BCUT2D eigenvalue weighted by Crippen LogP contribution is -2.51. The number of hydrogen-bond donors (Lipinski definition) is 2. The number of carbonyl (C=O) groups is 1. The topological polar surface area (TPSA) is 61.8 Å². The molecule has 1 heterocycles. The van der Waals surface area contributed by atoms with Gasteiger partial charge in [-0.1, -0.05) is 32.8 Å². The van der Waals surface area contributed by atoms with Crippen LogP contribution in [0.3, 0.4) is 0 Å². The van der Waals surface area contributed by atoms with Gasteiger partial charge in [0.15, 0.2) is 0 Å². The van der Waals surface area contributed by atoms with Crippen LogP contribution in [0.25, 0.3) is 0 Å². The van der Waals surface area contributed by atoms with Gasteiger partial charge < -0.3 is 15.2 Å². The van der Waals surface area contributed by atoms with Crippen molar-refractivity contribution < 1.29 is 14.6 Å². The maximum Gasteiger partial charge on any atom is 0.237 e. The predicted molar refractivity (Wildman–Crippen MR) is 97.6 cm³/mol. The number of phenolic OH excluding ortho intramolecular Hbond substituents is 1. The van der Waals surface area contributed by atoms with Crippen molar-refractivity contribution in [2.75, 3.05) is 13.2 Å². The molecule has 5 nitrogen and oxygen atoms in total. The van der Waals surface area contributed by atoms with Crippen LogP contribution in [0.4, 0.5) is 0 Å². The Morgan fingerprint density at radius 1 is 1.36 bits per heavy atom. The minimum atomic E-state index is -0.201. The van der Waals surface area contributed by atoms with Gasteiger partial charge in [0.05, 0.1) is 6.04 Å². The standard InChI is InChI=1S/C20H30N2O3/c1-13-5-4-6-18(14(13)2)21-20(24)15(3)22-9-10-25-19-11-17(23)8-7-16(19)12-22/h7-8,11,13-15,18,23H,4-6,9-10,12H2,1-3H3,(H,21,24). The van der Waals surface area contributed by atoms with Gasteiger partial charge in [0.25, 0.3) is 0 Å². The molecule has 25 heavy (non-hydrogen) atoms. The lowest BCUT2D eigenvalue weighted by molar-refractivity contribution is -0.127. The van der Waals surface area contributed by atoms with E-state index in [1.54, 1.807) is 12.1 Å². The fraction of sp³-hybridized carbons (Fsp3) is 0.650. The van der Waals surface area contributed by atoms with E-state index in [0.717, 1.165) is 12.0 Å². The van der Waals surface area contributed by atoms with Gasteiger partial charge in [0.2, 0.25) is 5.91 Å². The van der Waals surface area contributed by atoms with Crippen LogP contribution in [0, 0.1) is 11.8 Å². The van der Waals surface area contributed by atoms with E-state index in [2.05, 4.69) is 24.1 Å². The molecule has 0 spiro atoms.